The standard InChI is InChI=1S/C22H19N9S/c1-14-7-5-6-10-17(14)27-22-29-18(28-21(23)30-22)12-32-20-16-11-26-31(19(16)24-13-25-20)15-8-3-2-4-9-15/h2-11,13H,12H2,1H3,(H3,23,27,28,29,30). The highest BCUT2D eigenvalue weighted by atomic mass is 32.2. The van der Waals surface area contributed by atoms with E-state index >= 15 is 0 Å². The number of nitrogens with zero attached hydrogens (tertiary/aromatic N) is 7. The second kappa shape index (κ2) is 8.60. The first-order chi connectivity index (χ1) is 15.7. The predicted octanol–water partition coefficient (Wildman–Crippen LogP) is 3.93. The number of nitrogens with two attached hydrogens (primary N) is 1. The van der Waals surface area contributed by atoms with E-state index in [1.807, 2.05) is 61.5 Å². The van der Waals surface area contributed by atoms with Crippen LogP contribution in [0, 0.1) is 6.92 Å². The molecule has 0 aliphatic heterocycles. The molecule has 158 valence electrons. The Hall–Kier alpha value is -4.05. The van der Waals surface area contributed by atoms with Crippen LogP contribution >= 0.6 is 11.8 Å². The molecule has 0 spiro atoms. The van der Waals surface area contributed by atoms with Crippen LogP contribution in [0.2, 0.25) is 0 Å². The molecular weight excluding hydrogens is 422 g/mol. The minimum absolute atomic E-state index is 0.163. The Kier molecular flexibility index (Phi) is 5.34. The lowest BCUT2D eigenvalue weighted by Gasteiger charge is -2.09. The zero-order chi connectivity index (χ0) is 21.9. The number of benzene rings is 2. The Morgan fingerprint density at radius 3 is 2.62 bits per heavy atom. The SMILES string of the molecule is Cc1ccccc1Nc1nc(N)nc(CSc2ncnc3c2cnn3-c2ccccc2)n1. The summed E-state index contributed by atoms with van der Waals surface area (Å²) in [5.74, 6) is 1.60. The van der Waals surface area contributed by atoms with Crippen LogP contribution in [-0.4, -0.2) is 34.7 Å². The lowest BCUT2D eigenvalue weighted by atomic mass is 10.2. The average Bonchev–Trinajstić information content (AvgIpc) is 3.24. The molecule has 3 heterocycles. The van der Waals surface area contributed by atoms with Gasteiger partial charge in [-0.25, -0.2) is 14.6 Å². The lowest BCUT2D eigenvalue weighted by Crippen LogP contribution is -2.07. The van der Waals surface area contributed by atoms with Crippen molar-refractivity contribution in [3.8, 4) is 5.69 Å². The second-order valence-electron chi connectivity index (χ2n) is 6.97. The molecule has 0 saturated carbocycles. The van der Waals surface area contributed by atoms with E-state index in [0.717, 1.165) is 33.0 Å². The molecule has 0 fully saturated rings. The quantitative estimate of drug-likeness (QED) is 0.298. The Balaban J connectivity index is 1.39. The third kappa shape index (κ3) is 4.08. The van der Waals surface area contributed by atoms with E-state index in [1.165, 1.54) is 11.8 Å². The molecular formula is C22H19N9S. The average molecular weight is 442 g/mol. The molecule has 32 heavy (non-hydrogen) atoms. The van der Waals surface area contributed by atoms with Crippen molar-refractivity contribution in [2.45, 2.75) is 17.7 Å². The molecule has 5 rings (SSSR count). The maximum atomic E-state index is 5.93. The van der Waals surface area contributed by atoms with Crippen molar-refractivity contribution in [3.63, 3.8) is 0 Å². The smallest absolute Gasteiger partial charge is 0.232 e. The predicted molar refractivity (Wildman–Crippen MR) is 125 cm³/mol. The van der Waals surface area contributed by atoms with Crippen molar-refractivity contribution in [1.82, 2.24) is 34.7 Å². The van der Waals surface area contributed by atoms with Gasteiger partial charge in [0.05, 0.1) is 23.0 Å². The number of anilines is 3. The molecule has 0 radical (unpaired) electrons. The molecule has 0 bridgehead atoms. The number of hydrogen-bond donors (Lipinski definition) is 2. The van der Waals surface area contributed by atoms with Crippen molar-refractivity contribution >= 4 is 40.4 Å². The fourth-order valence-electron chi connectivity index (χ4n) is 3.22. The van der Waals surface area contributed by atoms with E-state index in [4.69, 9.17) is 5.73 Å². The first kappa shape index (κ1) is 19.9. The summed E-state index contributed by atoms with van der Waals surface area (Å²) in [6.45, 7) is 2.01. The highest BCUT2D eigenvalue weighted by Crippen LogP contribution is 2.28. The van der Waals surface area contributed by atoms with E-state index in [9.17, 15) is 0 Å². The third-order valence-corrected chi connectivity index (χ3v) is 5.76. The van der Waals surface area contributed by atoms with Crippen molar-refractivity contribution in [1.29, 1.82) is 0 Å². The molecule has 0 saturated heterocycles. The van der Waals surface area contributed by atoms with Gasteiger partial charge in [-0.1, -0.05) is 48.2 Å². The molecule has 10 heteroatoms. The largest absolute Gasteiger partial charge is 0.368 e. The Morgan fingerprint density at radius 2 is 1.78 bits per heavy atom. The zero-order valence-electron chi connectivity index (χ0n) is 17.2. The van der Waals surface area contributed by atoms with Gasteiger partial charge in [0.15, 0.2) is 5.65 Å². The van der Waals surface area contributed by atoms with Crippen LogP contribution in [0.15, 0.2) is 72.1 Å². The Bertz CT molecular complexity index is 1390. The van der Waals surface area contributed by atoms with E-state index < -0.39 is 0 Å². The van der Waals surface area contributed by atoms with E-state index in [1.54, 1.807) is 17.2 Å². The summed E-state index contributed by atoms with van der Waals surface area (Å²) >= 11 is 1.50. The van der Waals surface area contributed by atoms with Crippen LogP contribution in [0.1, 0.15) is 11.4 Å². The van der Waals surface area contributed by atoms with Crippen LogP contribution in [-0.2, 0) is 5.75 Å². The van der Waals surface area contributed by atoms with E-state index in [-0.39, 0.29) is 5.95 Å². The summed E-state index contributed by atoms with van der Waals surface area (Å²) in [7, 11) is 0. The van der Waals surface area contributed by atoms with Crippen molar-refractivity contribution in [3.05, 3.63) is 78.5 Å². The second-order valence-corrected chi connectivity index (χ2v) is 7.93. The van der Waals surface area contributed by atoms with Crippen LogP contribution < -0.4 is 11.1 Å². The lowest BCUT2D eigenvalue weighted by molar-refractivity contribution is 0.893. The van der Waals surface area contributed by atoms with Gasteiger partial charge in [-0.3, -0.25) is 0 Å². The number of hydrogen-bond acceptors (Lipinski definition) is 9. The Morgan fingerprint density at radius 1 is 0.969 bits per heavy atom. The molecule has 2 aromatic carbocycles. The fourth-order valence-corrected chi connectivity index (χ4v) is 4.04. The first-order valence-electron chi connectivity index (χ1n) is 9.87. The monoisotopic (exact) mass is 441 g/mol. The van der Waals surface area contributed by atoms with Gasteiger partial charge in [0.25, 0.3) is 0 Å². The molecule has 0 amide bonds. The maximum Gasteiger partial charge on any atom is 0.232 e. The van der Waals surface area contributed by atoms with Crippen LogP contribution in [0.3, 0.4) is 0 Å². The van der Waals surface area contributed by atoms with E-state index in [2.05, 4.69) is 35.3 Å². The summed E-state index contributed by atoms with van der Waals surface area (Å²) in [4.78, 5) is 21.9. The van der Waals surface area contributed by atoms with Gasteiger partial charge in [-0.2, -0.15) is 20.1 Å². The molecule has 0 atom stereocenters. The molecule has 5 aromatic rings. The minimum atomic E-state index is 0.163. The number of aromatic nitrogens is 7. The topological polar surface area (TPSA) is 120 Å². The van der Waals surface area contributed by atoms with Crippen LogP contribution in [0.5, 0.6) is 0 Å². The van der Waals surface area contributed by atoms with Gasteiger partial charge in [0.1, 0.15) is 17.2 Å². The van der Waals surface area contributed by atoms with Crippen molar-refractivity contribution in [2.24, 2.45) is 0 Å². The first-order valence-corrected chi connectivity index (χ1v) is 10.9. The van der Waals surface area contributed by atoms with Crippen molar-refractivity contribution < 1.29 is 0 Å². The Labute approximate surface area is 188 Å². The highest BCUT2D eigenvalue weighted by molar-refractivity contribution is 7.98. The number of nitrogens with one attached hydrogen (secondary N) is 1. The van der Waals surface area contributed by atoms with Gasteiger partial charge < -0.3 is 11.1 Å². The number of rotatable bonds is 6. The summed E-state index contributed by atoms with van der Waals surface area (Å²) in [6.07, 6.45) is 3.32. The third-order valence-electron chi connectivity index (χ3n) is 4.76. The molecule has 0 unspecified atom stereocenters. The van der Waals surface area contributed by atoms with Crippen molar-refractivity contribution in [2.75, 3.05) is 11.1 Å². The summed E-state index contributed by atoms with van der Waals surface area (Å²) in [5, 5.41) is 9.36. The number of aryl methyl sites for hydroxylation is 1. The fraction of sp³-hybridized carbons (Fsp3) is 0.0909. The van der Waals surface area contributed by atoms with Gasteiger partial charge in [-0.05, 0) is 30.7 Å². The summed E-state index contributed by atoms with van der Waals surface area (Å²) in [5.41, 5.74) is 9.61. The van der Waals surface area contributed by atoms with Gasteiger partial charge in [0.2, 0.25) is 11.9 Å². The van der Waals surface area contributed by atoms with Gasteiger partial charge >= 0.3 is 0 Å². The molecule has 3 N–H and O–H groups in total. The molecule has 0 aliphatic carbocycles. The molecule has 9 nitrogen and oxygen atoms in total. The number of thioether (sulfide) groups is 1. The van der Waals surface area contributed by atoms with Gasteiger partial charge in [0, 0.05) is 5.69 Å². The van der Waals surface area contributed by atoms with Crippen LogP contribution in [0.25, 0.3) is 16.7 Å². The van der Waals surface area contributed by atoms with E-state index in [0.29, 0.717) is 17.5 Å². The number of para-hydroxylation sites is 2. The van der Waals surface area contributed by atoms with Crippen LogP contribution in [0.4, 0.5) is 17.6 Å². The highest BCUT2D eigenvalue weighted by Gasteiger charge is 2.13. The summed E-state index contributed by atoms with van der Waals surface area (Å²) in [6, 6.07) is 17.8. The summed E-state index contributed by atoms with van der Waals surface area (Å²) < 4.78 is 1.80. The van der Waals surface area contributed by atoms with Gasteiger partial charge in [-0.15, -0.1) is 0 Å². The number of nitrogen functional groups attached to an aromatic ring is 1. The number of fused-ring (bicyclic) bond motifs is 1. The minimum Gasteiger partial charge on any atom is -0.368 e. The molecule has 0 aliphatic rings. The zero-order valence-corrected chi connectivity index (χ0v) is 18.0. The maximum absolute atomic E-state index is 5.93. The normalized spacial score (nSPS) is 11.0. The molecule has 3 aromatic heterocycles.